The summed E-state index contributed by atoms with van der Waals surface area (Å²) in [5.74, 6) is -1.13. The Balaban J connectivity index is 1.05. The van der Waals surface area contributed by atoms with Crippen molar-refractivity contribution < 1.29 is 37.6 Å². The first-order valence-corrected chi connectivity index (χ1v) is 13.6. The van der Waals surface area contributed by atoms with E-state index in [0.717, 1.165) is 39.3 Å². The average molecular weight is 582 g/mol. The zero-order chi connectivity index (χ0) is 27.6. The topological polar surface area (TPSA) is 123 Å². The molecule has 0 amide bonds. The monoisotopic (exact) mass is 581 g/mol. The Hall–Kier alpha value is -2.81. The number of rotatable bonds is 10. The van der Waals surface area contributed by atoms with Crippen molar-refractivity contribution >= 4 is 28.6 Å². The first-order valence-electron chi connectivity index (χ1n) is 13.2. The van der Waals surface area contributed by atoms with E-state index in [1.807, 2.05) is 0 Å². The summed E-state index contributed by atoms with van der Waals surface area (Å²) in [7, 11) is 0. The van der Waals surface area contributed by atoms with Gasteiger partial charge in [-0.05, 0) is 12.5 Å². The highest BCUT2D eigenvalue weighted by Crippen LogP contribution is 2.31. The van der Waals surface area contributed by atoms with Crippen LogP contribution in [0.25, 0.3) is 11.2 Å². The van der Waals surface area contributed by atoms with E-state index in [4.69, 9.17) is 35.3 Å². The number of hydrogen-bond donors (Lipinski definition) is 3. The Morgan fingerprint density at radius 3 is 2.67 bits per heavy atom. The number of halogens is 3. The lowest BCUT2D eigenvalue weighted by Crippen LogP contribution is -2.37. The van der Waals surface area contributed by atoms with Gasteiger partial charge in [0.2, 0.25) is 0 Å². The molecule has 40 heavy (non-hydrogen) atoms. The first kappa shape index (κ1) is 27.4. The molecule has 3 N–H and O–H groups in total. The number of pyridine rings is 1. The molecule has 1 aromatic carbocycles. The fraction of sp³-hybridized carbons (Fsp3) is 0.538. The number of imidazole rings is 1. The fourth-order valence-corrected chi connectivity index (χ4v) is 5.29. The minimum atomic E-state index is -0.736. The Labute approximate surface area is 233 Å². The van der Waals surface area contributed by atoms with Crippen molar-refractivity contribution in [2.75, 3.05) is 58.0 Å². The third-order valence-electron chi connectivity index (χ3n) is 7.19. The molecule has 0 aliphatic carbocycles. The SMILES string of the molecule is O[C@@H]1COC2[C@H](Oc3nc4nc(NCc5c(F)cc(OCCCN6CCOCC6)cc5F)c(Cl)cc4[nH]3)CO[C@@H]21. The van der Waals surface area contributed by atoms with Crippen molar-refractivity contribution in [3.8, 4) is 11.8 Å². The van der Waals surface area contributed by atoms with Crippen LogP contribution >= 0.6 is 11.6 Å². The fourth-order valence-electron chi connectivity index (χ4n) is 5.07. The number of aliphatic hydroxyl groups is 1. The van der Waals surface area contributed by atoms with Crippen LogP contribution in [0.1, 0.15) is 12.0 Å². The summed E-state index contributed by atoms with van der Waals surface area (Å²) in [5, 5.41) is 13.0. The summed E-state index contributed by atoms with van der Waals surface area (Å²) in [6.07, 6.45) is -1.22. The Bertz CT molecular complexity index is 1320. The van der Waals surface area contributed by atoms with Gasteiger partial charge in [-0.2, -0.15) is 4.98 Å². The molecule has 0 bridgehead atoms. The van der Waals surface area contributed by atoms with E-state index >= 15 is 0 Å². The van der Waals surface area contributed by atoms with Crippen LogP contribution in [0.3, 0.4) is 0 Å². The van der Waals surface area contributed by atoms with Gasteiger partial charge in [-0.1, -0.05) is 11.6 Å². The van der Waals surface area contributed by atoms with Gasteiger partial charge < -0.3 is 39.1 Å². The van der Waals surface area contributed by atoms with E-state index in [-0.39, 0.29) is 47.9 Å². The molecular formula is C26H30ClF2N5O6. The molecule has 0 saturated carbocycles. The third-order valence-corrected chi connectivity index (χ3v) is 7.48. The number of ether oxygens (including phenoxy) is 5. The van der Waals surface area contributed by atoms with Gasteiger partial charge in [0.15, 0.2) is 11.8 Å². The highest BCUT2D eigenvalue weighted by Gasteiger charge is 2.48. The van der Waals surface area contributed by atoms with Crippen LogP contribution in [-0.2, 0) is 20.8 Å². The van der Waals surface area contributed by atoms with Crippen molar-refractivity contribution in [3.63, 3.8) is 0 Å². The van der Waals surface area contributed by atoms with Gasteiger partial charge in [0, 0.05) is 43.9 Å². The number of nitrogens with one attached hydrogen (secondary N) is 2. The van der Waals surface area contributed by atoms with Crippen LogP contribution in [0.2, 0.25) is 5.02 Å². The molecule has 0 spiro atoms. The predicted octanol–water partition coefficient (Wildman–Crippen LogP) is 2.51. The lowest BCUT2D eigenvalue weighted by molar-refractivity contribution is 0.00706. The van der Waals surface area contributed by atoms with Crippen molar-refractivity contribution in [1.82, 2.24) is 19.9 Å². The smallest absolute Gasteiger partial charge is 0.296 e. The van der Waals surface area contributed by atoms with Crippen molar-refractivity contribution in [3.05, 3.63) is 40.4 Å². The number of H-pyrrole nitrogens is 1. The van der Waals surface area contributed by atoms with Crippen LogP contribution in [0.4, 0.5) is 14.6 Å². The number of morpholine rings is 1. The molecule has 5 heterocycles. The maximum atomic E-state index is 14.8. The standard InChI is InChI=1S/C26H30ClF2N5O6/c27-16-10-19-25(33-26(31-19)40-21-13-39-22-20(35)12-38-23(21)22)32-24(16)30-11-15-17(28)8-14(9-18(15)29)37-5-1-2-34-3-6-36-7-4-34/h8-10,20-23,35H,1-7,11-13H2,(H2,30,31,32,33)/t20-,21-,22-,23?/m1/s1. The molecule has 14 heteroatoms. The van der Waals surface area contributed by atoms with Crippen LogP contribution in [0, 0.1) is 11.6 Å². The molecule has 4 atom stereocenters. The van der Waals surface area contributed by atoms with E-state index in [2.05, 4.69) is 25.2 Å². The van der Waals surface area contributed by atoms with Gasteiger partial charge in [0.05, 0.1) is 43.6 Å². The zero-order valence-corrected chi connectivity index (χ0v) is 22.3. The van der Waals surface area contributed by atoms with E-state index in [0.29, 0.717) is 17.8 Å². The van der Waals surface area contributed by atoms with E-state index < -0.39 is 36.1 Å². The highest BCUT2D eigenvalue weighted by atomic mass is 35.5. The second-order valence-electron chi connectivity index (χ2n) is 9.93. The minimum absolute atomic E-state index is 0.138. The third kappa shape index (κ3) is 5.94. The van der Waals surface area contributed by atoms with Gasteiger partial charge in [-0.15, -0.1) is 0 Å². The number of aromatic nitrogens is 3. The van der Waals surface area contributed by atoms with Crippen LogP contribution in [-0.4, -0.2) is 102 Å². The lowest BCUT2D eigenvalue weighted by atomic mass is 10.1. The molecule has 216 valence electrons. The molecule has 3 aliphatic heterocycles. The van der Waals surface area contributed by atoms with Crippen molar-refractivity contribution in [2.24, 2.45) is 0 Å². The molecule has 3 aromatic rings. The second-order valence-corrected chi connectivity index (χ2v) is 10.3. The summed E-state index contributed by atoms with van der Waals surface area (Å²) < 4.78 is 57.5. The minimum Gasteiger partial charge on any atom is -0.493 e. The number of aliphatic hydroxyl groups excluding tert-OH is 1. The normalized spacial score (nSPS) is 24.9. The van der Waals surface area contributed by atoms with Gasteiger partial charge in [-0.3, -0.25) is 4.90 Å². The van der Waals surface area contributed by atoms with Gasteiger partial charge >= 0.3 is 0 Å². The van der Waals surface area contributed by atoms with Crippen LogP contribution in [0.15, 0.2) is 18.2 Å². The number of aromatic amines is 1. The number of fused-ring (bicyclic) bond motifs is 2. The highest BCUT2D eigenvalue weighted by molar-refractivity contribution is 6.33. The Morgan fingerprint density at radius 2 is 1.88 bits per heavy atom. The van der Waals surface area contributed by atoms with Crippen LogP contribution in [0.5, 0.6) is 11.8 Å². The Morgan fingerprint density at radius 1 is 1.10 bits per heavy atom. The maximum Gasteiger partial charge on any atom is 0.296 e. The molecule has 11 nitrogen and oxygen atoms in total. The molecule has 0 radical (unpaired) electrons. The average Bonchev–Trinajstić information content (AvgIpc) is 3.63. The number of nitrogens with zero attached hydrogens (tertiary/aromatic N) is 3. The maximum absolute atomic E-state index is 14.8. The molecule has 2 aromatic heterocycles. The zero-order valence-electron chi connectivity index (χ0n) is 21.6. The Kier molecular flexibility index (Phi) is 8.19. The summed E-state index contributed by atoms with van der Waals surface area (Å²) in [6.45, 7) is 4.64. The number of hydrogen-bond acceptors (Lipinski definition) is 10. The predicted molar refractivity (Wildman–Crippen MR) is 140 cm³/mol. The molecule has 6 rings (SSSR count). The number of anilines is 1. The largest absolute Gasteiger partial charge is 0.493 e. The van der Waals surface area contributed by atoms with Gasteiger partial charge in [0.25, 0.3) is 6.01 Å². The summed E-state index contributed by atoms with van der Waals surface area (Å²) >= 11 is 6.37. The second kappa shape index (κ2) is 12.0. The van der Waals surface area contributed by atoms with E-state index in [9.17, 15) is 13.9 Å². The van der Waals surface area contributed by atoms with E-state index in [1.165, 1.54) is 12.1 Å². The van der Waals surface area contributed by atoms with Crippen molar-refractivity contribution in [2.45, 2.75) is 37.4 Å². The summed E-state index contributed by atoms with van der Waals surface area (Å²) in [4.78, 5) is 14.0. The molecule has 3 fully saturated rings. The molecule has 3 aliphatic rings. The quantitative estimate of drug-likeness (QED) is 0.308. The van der Waals surface area contributed by atoms with E-state index in [1.54, 1.807) is 6.07 Å². The summed E-state index contributed by atoms with van der Waals surface area (Å²) in [5.41, 5.74) is 0.645. The summed E-state index contributed by atoms with van der Waals surface area (Å²) in [6, 6.07) is 4.13. The van der Waals surface area contributed by atoms with Crippen LogP contribution < -0.4 is 14.8 Å². The lowest BCUT2D eigenvalue weighted by Gasteiger charge is -2.26. The molecular weight excluding hydrogens is 552 g/mol. The van der Waals surface area contributed by atoms with Crippen molar-refractivity contribution in [1.29, 1.82) is 0 Å². The number of benzene rings is 1. The van der Waals surface area contributed by atoms with Gasteiger partial charge in [-0.25, -0.2) is 13.8 Å². The molecule has 3 saturated heterocycles. The van der Waals surface area contributed by atoms with Gasteiger partial charge in [0.1, 0.15) is 41.5 Å². The molecule has 1 unspecified atom stereocenters. The first-order chi connectivity index (χ1) is 19.4.